The maximum atomic E-state index is 12.8. The number of benzene rings is 2. The second kappa shape index (κ2) is 9.83. The second-order valence-electron chi connectivity index (χ2n) is 6.98. The molecule has 5 nitrogen and oxygen atoms in total. The van der Waals surface area contributed by atoms with Gasteiger partial charge in [0, 0.05) is 11.3 Å². The average Bonchev–Trinajstić information content (AvgIpc) is 2.69. The van der Waals surface area contributed by atoms with Crippen LogP contribution in [-0.2, 0) is 14.3 Å². The number of amides is 1. The number of carbonyl (C=O) groups is 3. The number of ether oxygens (including phenoxy) is 1. The molecule has 3 atom stereocenters. The molecule has 0 fully saturated rings. The lowest BCUT2D eigenvalue weighted by Crippen LogP contribution is -2.33. The molecule has 148 valence electrons. The Bertz CT molecular complexity index is 814. The number of rotatable bonds is 8. The largest absolute Gasteiger partial charge is 0.452 e. The van der Waals surface area contributed by atoms with Gasteiger partial charge in [-0.15, -0.1) is 0 Å². The summed E-state index contributed by atoms with van der Waals surface area (Å²) in [5, 5.41) is 2.71. The van der Waals surface area contributed by atoms with Gasteiger partial charge in [-0.25, -0.2) is 0 Å². The van der Waals surface area contributed by atoms with Crippen LogP contribution >= 0.6 is 0 Å². The smallest absolute Gasteiger partial charge is 0.314 e. The predicted molar refractivity (Wildman–Crippen MR) is 109 cm³/mol. The van der Waals surface area contributed by atoms with Crippen LogP contribution in [0.5, 0.6) is 0 Å². The van der Waals surface area contributed by atoms with Crippen molar-refractivity contribution in [1.82, 2.24) is 0 Å². The van der Waals surface area contributed by atoms with Crippen molar-refractivity contribution in [3.8, 4) is 0 Å². The lowest BCUT2D eigenvalue weighted by Gasteiger charge is -2.23. The molecule has 2 aromatic rings. The van der Waals surface area contributed by atoms with Gasteiger partial charge >= 0.3 is 5.97 Å². The Morgan fingerprint density at radius 3 is 2.11 bits per heavy atom. The van der Waals surface area contributed by atoms with Crippen LogP contribution in [0.15, 0.2) is 54.6 Å². The van der Waals surface area contributed by atoms with Gasteiger partial charge in [-0.2, -0.15) is 0 Å². The molecule has 5 heteroatoms. The third kappa shape index (κ3) is 5.52. The fourth-order valence-corrected chi connectivity index (χ4v) is 2.93. The molecule has 0 aromatic heterocycles. The highest BCUT2D eigenvalue weighted by Gasteiger charge is 2.30. The van der Waals surface area contributed by atoms with Crippen molar-refractivity contribution in [2.45, 2.75) is 46.1 Å². The zero-order valence-electron chi connectivity index (χ0n) is 16.8. The number of anilines is 1. The van der Waals surface area contributed by atoms with Gasteiger partial charge in [0.2, 0.25) is 0 Å². The first-order chi connectivity index (χ1) is 13.3. The van der Waals surface area contributed by atoms with Crippen molar-refractivity contribution in [2.75, 3.05) is 5.32 Å². The van der Waals surface area contributed by atoms with Gasteiger partial charge in [0.25, 0.3) is 5.91 Å². The van der Waals surface area contributed by atoms with E-state index in [4.69, 9.17) is 4.74 Å². The van der Waals surface area contributed by atoms with Crippen LogP contribution in [0.4, 0.5) is 5.69 Å². The molecule has 0 spiro atoms. The summed E-state index contributed by atoms with van der Waals surface area (Å²) >= 11 is 0. The first kappa shape index (κ1) is 21.4. The lowest BCUT2D eigenvalue weighted by atomic mass is 9.85. The average molecular weight is 381 g/mol. The van der Waals surface area contributed by atoms with Crippen molar-refractivity contribution in [3.05, 3.63) is 65.7 Å². The fourth-order valence-electron chi connectivity index (χ4n) is 2.93. The predicted octanol–water partition coefficient (Wildman–Crippen LogP) is 4.59. The summed E-state index contributed by atoms with van der Waals surface area (Å²) < 4.78 is 5.48. The summed E-state index contributed by atoms with van der Waals surface area (Å²) in [4.78, 5) is 36.5. The van der Waals surface area contributed by atoms with Crippen LogP contribution in [0.25, 0.3) is 0 Å². The number of hydrogen-bond acceptors (Lipinski definition) is 4. The molecule has 0 aliphatic heterocycles. The van der Waals surface area contributed by atoms with Crippen LogP contribution in [0.3, 0.4) is 0 Å². The molecule has 1 N–H and O–H groups in total. The first-order valence-corrected chi connectivity index (χ1v) is 9.50. The monoisotopic (exact) mass is 381 g/mol. The Balaban J connectivity index is 2.04. The quantitative estimate of drug-likeness (QED) is 0.536. The standard InChI is InChI=1S/C23H27NO4/c1-5-15(2)21(19-9-7-6-8-10-19)23(27)28-17(4)22(26)24-20-13-11-18(12-14-20)16(3)25/h6-15,17,21H,5H2,1-4H3,(H,24,26)/t15-,17-,21-/m0/s1. The summed E-state index contributed by atoms with van der Waals surface area (Å²) in [6.45, 7) is 7.06. The molecule has 1 amide bonds. The van der Waals surface area contributed by atoms with Crippen LogP contribution in [-0.4, -0.2) is 23.8 Å². The normalized spacial score (nSPS) is 13.9. The third-order valence-corrected chi connectivity index (χ3v) is 4.85. The number of ketones is 1. The van der Waals surface area contributed by atoms with Gasteiger partial charge in [0.05, 0.1) is 5.92 Å². The van der Waals surface area contributed by atoms with Crippen LogP contribution < -0.4 is 5.32 Å². The van der Waals surface area contributed by atoms with Crippen molar-refractivity contribution in [3.63, 3.8) is 0 Å². The molecule has 2 rings (SSSR count). The molecule has 0 saturated carbocycles. The van der Waals surface area contributed by atoms with E-state index in [-0.39, 0.29) is 11.7 Å². The molecule has 0 saturated heterocycles. The second-order valence-corrected chi connectivity index (χ2v) is 6.98. The Morgan fingerprint density at radius 1 is 0.964 bits per heavy atom. The summed E-state index contributed by atoms with van der Waals surface area (Å²) in [7, 11) is 0. The minimum atomic E-state index is -0.935. The van der Waals surface area contributed by atoms with E-state index in [9.17, 15) is 14.4 Å². The van der Waals surface area contributed by atoms with E-state index >= 15 is 0 Å². The van der Waals surface area contributed by atoms with E-state index in [0.29, 0.717) is 11.3 Å². The van der Waals surface area contributed by atoms with Gasteiger partial charge in [-0.3, -0.25) is 14.4 Å². The van der Waals surface area contributed by atoms with Gasteiger partial charge in [-0.1, -0.05) is 50.6 Å². The van der Waals surface area contributed by atoms with Crippen LogP contribution in [0.1, 0.15) is 56.0 Å². The molecule has 0 heterocycles. The topological polar surface area (TPSA) is 72.5 Å². The molecule has 2 aromatic carbocycles. The molecule has 0 unspecified atom stereocenters. The minimum absolute atomic E-state index is 0.0443. The maximum Gasteiger partial charge on any atom is 0.314 e. The highest BCUT2D eigenvalue weighted by Crippen LogP contribution is 2.28. The number of hydrogen-bond donors (Lipinski definition) is 1. The molecule has 28 heavy (non-hydrogen) atoms. The third-order valence-electron chi connectivity index (χ3n) is 4.85. The van der Waals surface area contributed by atoms with Gasteiger partial charge in [0.15, 0.2) is 11.9 Å². The zero-order chi connectivity index (χ0) is 20.7. The van der Waals surface area contributed by atoms with Crippen molar-refractivity contribution >= 4 is 23.3 Å². The van der Waals surface area contributed by atoms with Crippen molar-refractivity contribution in [2.24, 2.45) is 5.92 Å². The molecule has 0 bridgehead atoms. The zero-order valence-corrected chi connectivity index (χ0v) is 16.8. The molecular formula is C23H27NO4. The van der Waals surface area contributed by atoms with E-state index in [1.54, 1.807) is 31.2 Å². The highest BCUT2D eigenvalue weighted by atomic mass is 16.5. The van der Waals surface area contributed by atoms with Crippen LogP contribution in [0.2, 0.25) is 0 Å². The number of nitrogens with one attached hydrogen (secondary N) is 1. The SMILES string of the molecule is CC[C@H](C)[C@H](C(=O)O[C@@H](C)C(=O)Nc1ccc(C(C)=O)cc1)c1ccccc1. The van der Waals surface area contributed by atoms with Gasteiger partial charge in [0.1, 0.15) is 0 Å². The molecular weight excluding hydrogens is 354 g/mol. The fraction of sp³-hybridized carbons (Fsp3) is 0.348. The Labute approximate surface area is 166 Å². The molecule has 0 aliphatic rings. The summed E-state index contributed by atoms with van der Waals surface area (Å²) in [6.07, 6.45) is -0.118. The van der Waals surface area contributed by atoms with Gasteiger partial charge in [-0.05, 0) is 49.6 Å². The maximum absolute atomic E-state index is 12.8. The number of Topliss-reactive ketones (excluding diaryl/α,β-unsaturated/α-hetero) is 1. The van der Waals surface area contributed by atoms with Crippen LogP contribution in [0, 0.1) is 5.92 Å². The molecule has 0 aliphatic carbocycles. The van der Waals surface area contributed by atoms with Crippen molar-refractivity contribution < 1.29 is 19.1 Å². The summed E-state index contributed by atoms with van der Waals surface area (Å²) in [5.41, 5.74) is 1.99. The number of esters is 1. The van der Waals surface area contributed by atoms with E-state index in [2.05, 4.69) is 5.32 Å². The Morgan fingerprint density at radius 2 is 1.57 bits per heavy atom. The summed E-state index contributed by atoms with van der Waals surface area (Å²) in [5.74, 6) is -1.20. The number of carbonyl (C=O) groups excluding carboxylic acids is 3. The Hall–Kier alpha value is -2.95. The van der Waals surface area contributed by atoms with E-state index in [1.165, 1.54) is 6.92 Å². The van der Waals surface area contributed by atoms with Crippen molar-refractivity contribution in [1.29, 1.82) is 0 Å². The minimum Gasteiger partial charge on any atom is -0.452 e. The van der Waals surface area contributed by atoms with E-state index < -0.39 is 23.9 Å². The van der Waals surface area contributed by atoms with Gasteiger partial charge < -0.3 is 10.1 Å². The lowest BCUT2D eigenvalue weighted by molar-refractivity contribution is -0.155. The first-order valence-electron chi connectivity index (χ1n) is 9.50. The molecule has 0 radical (unpaired) electrons. The Kier molecular flexibility index (Phi) is 7.50. The highest BCUT2D eigenvalue weighted by molar-refractivity contribution is 5.97. The van der Waals surface area contributed by atoms with E-state index in [0.717, 1.165) is 12.0 Å². The summed E-state index contributed by atoms with van der Waals surface area (Å²) in [6, 6.07) is 16.1. The van der Waals surface area contributed by atoms with E-state index in [1.807, 2.05) is 44.2 Å².